The molecule has 1 unspecified atom stereocenters. The molecule has 0 aromatic heterocycles. The van der Waals surface area contributed by atoms with Crippen molar-refractivity contribution in [3.8, 4) is 5.75 Å². The molecule has 0 saturated heterocycles. The van der Waals surface area contributed by atoms with Crippen LogP contribution in [0.5, 0.6) is 5.75 Å². The van der Waals surface area contributed by atoms with E-state index in [0.717, 1.165) is 8.95 Å². The fraction of sp³-hybridized carbons (Fsp3) is 0.250. The number of nitrogens with one attached hydrogen (secondary N) is 2. The highest BCUT2D eigenvalue weighted by atomic mass is 79.9. The van der Waals surface area contributed by atoms with Crippen LogP contribution in [0, 0.1) is 5.92 Å². The number of carbonyl (C=O) groups excluding carboxylic acids is 2. The highest BCUT2D eigenvalue weighted by Gasteiger charge is 2.21. The van der Waals surface area contributed by atoms with Crippen molar-refractivity contribution < 1.29 is 14.3 Å². The van der Waals surface area contributed by atoms with Crippen LogP contribution in [-0.4, -0.2) is 24.1 Å². The topological polar surface area (TPSA) is 79.8 Å². The van der Waals surface area contributed by atoms with Gasteiger partial charge in [-0.2, -0.15) is 5.10 Å². The van der Waals surface area contributed by atoms with Crippen LogP contribution in [-0.2, 0) is 9.59 Å². The first-order valence-electron chi connectivity index (χ1n) is 8.62. The van der Waals surface area contributed by atoms with E-state index < -0.39 is 17.7 Å². The molecule has 8 heteroatoms. The molecule has 0 heterocycles. The van der Waals surface area contributed by atoms with Gasteiger partial charge in [0.15, 0.2) is 0 Å². The standard InChI is InChI=1S/C20H21Br2N3O3/c1-12(2)28-18-9-8-15(21)10-14(18)11-23-25-20(27)13(3)19(26)24-17-7-5-4-6-16(17)22/h4-13H,1-3H3,(H,24,26)(H,25,27). The molecule has 2 N–H and O–H groups in total. The number of hydrogen-bond acceptors (Lipinski definition) is 4. The summed E-state index contributed by atoms with van der Waals surface area (Å²) in [5.74, 6) is -1.21. The maximum Gasteiger partial charge on any atom is 0.252 e. The van der Waals surface area contributed by atoms with Gasteiger partial charge in [-0.05, 0) is 67.0 Å². The molecule has 1 atom stereocenters. The maximum absolute atomic E-state index is 12.3. The highest BCUT2D eigenvalue weighted by molar-refractivity contribution is 9.10. The monoisotopic (exact) mass is 509 g/mol. The van der Waals surface area contributed by atoms with Crippen LogP contribution in [0.1, 0.15) is 26.3 Å². The second-order valence-corrected chi connectivity index (χ2v) is 8.04. The molecular formula is C20H21Br2N3O3. The molecular weight excluding hydrogens is 490 g/mol. The quantitative estimate of drug-likeness (QED) is 0.321. The van der Waals surface area contributed by atoms with Gasteiger partial charge < -0.3 is 10.1 Å². The SMILES string of the molecule is CC(C)Oc1ccc(Br)cc1C=NNC(=O)C(C)C(=O)Nc1ccccc1Br. The second-order valence-electron chi connectivity index (χ2n) is 6.27. The lowest BCUT2D eigenvalue weighted by atomic mass is 10.1. The molecule has 6 nitrogen and oxygen atoms in total. The van der Waals surface area contributed by atoms with Gasteiger partial charge in [0.25, 0.3) is 5.91 Å². The second kappa shape index (κ2) is 10.4. The van der Waals surface area contributed by atoms with E-state index in [9.17, 15) is 9.59 Å². The van der Waals surface area contributed by atoms with Crippen molar-refractivity contribution in [1.29, 1.82) is 0 Å². The van der Waals surface area contributed by atoms with Crippen LogP contribution >= 0.6 is 31.9 Å². The van der Waals surface area contributed by atoms with Crippen LogP contribution in [0.25, 0.3) is 0 Å². The number of hydrogen-bond donors (Lipinski definition) is 2. The smallest absolute Gasteiger partial charge is 0.252 e. The summed E-state index contributed by atoms with van der Waals surface area (Å²) < 4.78 is 7.32. The Kier molecular flexibility index (Phi) is 8.19. The number of halogens is 2. The summed E-state index contributed by atoms with van der Waals surface area (Å²) in [5.41, 5.74) is 3.70. The van der Waals surface area contributed by atoms with E-state index in [1.807, 2.05) is 38.1 Å². The molecule has 28 heavy (non-hydrogen) atoms. The van der Waals surface area contributed by atoms with Crippen LogP contribution in [0.2, 0.25) is 0 Å². The number of ether oxygens (including phenoxy) is 1. The van der Waals surface area contributed by atoms with Gasteiger partial charge in [-0.15, -0.1) is 0 Å². The number of benzene rings is 2. The Morgan fingerprint density at radius 2 is 1.79 bits per heavy atom. The zero-order chi connectivity index (χ0) is 20.7. The van der Waals surface area contributed by atoms with Gasteiger partial charge >= 0.3 is 0 Å². The van der Waals surface area contributed by atoms with Crippen molar-refractivity contribution in [1.82, 2.24) is 5.43 Å². The number of nitrogens with zero attached hydrogens (tertiary/aromatic N) is 1. The average molecular weight is 511 g/mol. The van der Waals surface area contributed by atoms with Gasteiger partial charge in [0.05, 0.1) is 18.0 Å². The van der Waals surface area contributed by atoms with Crippen molar-refractivity contribution in [2.45, 2.75) is 26.9 Å². The molecule has 0 saturated carbocycles. The summed E-state index contributed by atoms with van der Waals surface area (Å²) >= 11 is 6.76. The Labute approximate surface area is 181 Å². The molecule has 0 aliphatic carbocycles. The van der Waals surface area contributed by atoms with Gasteiger partial charge in [-0.25, -0.2) is 5.43 Å². The molecule has 0 aliphatic heterocycles. The fourth-order valence-corrected chi connectivity index (χ4v) is 2.93. The normalized spacial score (nSPS) is 12.1. The zero-order valence-electron chi connectivity index (χ0n) is 15.7. The van der Waals surface area contributed by atoms with E-state index in [1.54, 1.807) is 18.2 Å². The van der Waals surface area contributed by atoms with Crippen LogP contribution in [0.15, 0.2) is 56.5 Å². The summed E-state index contributed by atoms with van der Waals surface area (Å²) in [7, 11) is 0. The number of para-hydroxylation sites is 1. The predicted octanol–water partition coefficient (Wildman–Crippen LogP) is 4.72. The molecule has 0 spiro atoms. The van der Waals surface area contributed by atoms with Gasteiger partial charge in [0.2, 0.25) is 5.91 Å². The Hall–Kier alpha value is -2.19. The van der Waals surface area contributed by atoms with Crippen molar-refractivity contribution in [2.75, 3.05) is 5.32 Å². The Bertz CT molecular complexity index is 885. The van der Waals surface area contributed by atoms with Gasteiger partial charge in [-0.3, -0.25) is 9.59 Å². The van der Waals surface area contributed by atoms with E-state index in [4.69, 9.17) is 4.74 Å². The van der Waals surface area contributed by atoms with Crippen molar-refractivity contribution in [3.05, 3.63) is 57.0 Å². The number of anilines is 1. The Morgan fingerprint density at radius 1 is 1.07 bits per heavy atom. The minimum Gasteiger partial charge on any atom is -0.490 e. The van der Waals surface area contributed by atoms with Gasteiger partial charge in [0, 0.05) is 14.5 Å². The summed E-state index contributed by atoms with van der Waals surface area (Å²) in [4.78, 5) is 24.5. The van der Waals surface area contributed by atoms with E-state index in [1.165, 1.54) is 13.1 Å². The minimum absolute atomic E-state index is 0.00365. The summed E-state index contributed by atoms with van der Waals surface area (Å²) in [5, 5.41) is 6.68. The van der Waals surface area contributed by atoms with Gasteiger partial charge in [0.1, 0.15) is 11.7 Å². The molecule has 2 amide bonds. The van der Waals surface area contributed by atoms with Crippen molar-refractivity contribution in [3.63, 3.8) is 0 Å². The van der Waals surface area contributed by atoms with Crippen molar-refractivity contribution >= 4 is 55.6 Å². The molecule has 2 rings (SSSR count). The fourth-order valence-electron chi connectivity index (χ4n) is 2.17. The Morgan fingerprint density at radius 3 is 2.46 bits per heavy atom. The van der Waals surface area contributed by atoms with Crippen LogP contribution in [0.4, 0.5) is 5.69 Å². The number of amides is 2. The van der Waals surface area contributed by atoms with E-state index >= 15 is 0 Å². The average Bonchev–Trinajstić information content (AvgIpc) is 2.64. The molecule has 0 bridgehead atoms. The van der Waals surface area contributed by atoms with Crippen LogP contribution < -0.4 is 15.5 Å². The van der Waals surface area contributed by atoms with E-state index in [2.05, 4.69) is 47.7 Å². The number of rotatable bonds is 7. The van der Waals surface area contributed by atoms with E-state index in [-0.39, 0.29) is 6.10 Å². The maximum atomic E-state index is 12.3. The lowest BCUT2D eigenvalue weighted by molar-refractivity contribution is -0.131. The number of carbonyl (C=O) groups is 2. The molecule has 2 aromatic rings. The first-order chi connectivity index (χ1) is 13.3. The third-order valence-electron chi connectivity index (χ3n) is 3.63. The molecule has 2 aromatic carbocycles. The predicted molar refractivity (Wildman–Crippen MR) is 118 cm³/mol. The lowest BCUT2D eigenvalue weighted by Crippen LogP contribution is -2.34. The van der Waals surface area contributed by atoms with Gasteiger partial charge in [-0.1, -0.05) is 28.1 Å². The number of hydrazone groups is 1. The molecule has 0 fully saturated rings. The summed E-state index contributed by atoms with van der Waals surface area (Å²) in [6.45, 7) is 5.37. The zero-order valence-corrected chi connectivity index (χ0v) is 18.9. The van der Waals surface area contributed by atoms with E-state index in [0.29, 0.717) is 17.0 Å². The molecule has 148 valence electrons. The highest BCUT2D eigenvalue weighted by Crippen LogP contribution is 2.23. The third kappa shape index (κ3) is 6.45. The third-order valence-corrected chi connectivity index (χ3v) is 4.82. The first-order valence-corrected chi connectivity index (χ1v) is 10.2. The Balaban J connectivity index is 2.00. The molecule has 0 radical (unpaired) electrons. The first kappa shape index (κ1) is 22.1. The minimum atomic E-state index is -0.918. The molecule has 0 aliphatic rings. The van der Waals surface area contributed by atoms with Crippen LogP contribution in [0.3, 0.4) is 0 Å². The lowest BCUT2D eigenvalue weighted by Gasteiger charge is -2.13. The van der Waals surface area contributed by atoms with Crippen molar-refractivity contribution in [2.24, 2.45) is 11.0 Å². The largest absolute Gasteiger partial charge is 0.490 e. The summed E-state index contributed by atoms with van der Waals surface area (Å²) in [6, 6.07) is 12.7. The summed E-state index contributed by atoms with van der Waals surface area (Å²) in [6.07, 6.45) is 1.49.